The Labute approximate surface area is 114 Å². The van der Waals surface area contributed by atoms with Crippen LogP contribution in [0.2, 0.25) is 0 Å². The highest BCUT2D eigenvalue weighted by atomic mass is 16.3. The summed E-state index contributed by atoms with van der Waals surface area (Å²) in [5.74, 6) is 0.304. The first kappa shape index (κ1) is 13.4. The van der Waals surface area contributed by atoms with E-state index in [2.05, 4.69) is 24.3 Å². The second kappa shape index (κ2) is 6.76. The molecule has 0 bridgehead atoms. The molecule has 2 aromatic rings. The summed E-state index contributed by atoms with van der Waals surface area (Å²) in [5.41, 5.74) is 8.79. The fourth-order valence-electron chi connectivity index (χ4n) is 1.97. The van der Waals surface area contributed by atoms with Crippen molar-refractivity contribution in [2.45, 2.75) is 12.8 Å². The lowest BCUT2D eigenvalue weighted by Gasteiger charge is -2.02. The number of hydrogen-bond acceptors (Lipinski definition) is 2. The molecule has 0 aliphatic carbocycles. The van der Waals surface area contributed by atoms with Crippen molar-refractivity contribution < 1.29 is 5.11 Å². The monoisotopic (exact) mass is 253 g/mol. The Balaban J connectivity index is 2.12. The summed E-state index contributed by atoms with van der Waals surface area (Å²) in [6.45, 7) is 0.720. The smallest absolute Gasteiger partial charge is 0.122 e. The van der Waals surface area contributed by atoms with Crippen molar-refractivity contribution in [1.29, 1.82) is 0 Å². The minimum atomic E-state index is 0.304. The highest BCUT2D eigenvalue weighted by molar-refractivity contribution is 5.72. The summed E-state index contributed by atoms with van der Waals surface area (Å²) >= 11 is 0. The number of phenolic OH excluding ortho intramolecular Hbond substituents is 1. The van der Waals surface area contributed by atoms with Crippen molar-refractivity contribution in [2.24, 2.45) is 5.73 Å². The van der Waals surface area contributed by atoms with E-state index in [-0.39, 0.29) is 0 Å². The quantitative estimate of drug-likeness (QED) is 0.802. The molecule has 0 aromatic heterocycles. The summed E-state index contributed by atoms with van der Waals surface area (Å²) in [6.07, 6.45) is 5.96. The second-order valence-electron chi connectivity index (χ2n) is 4.53. The van der Waals surface area contributed by atoms with E-state index in [0.29, 0.717) is 5.75 Å². The van der Waals surface area contributed by atoms with Gasteiger partial charge in [-0.25, -0.2) is 0 Å². The van der Waals surface area contributed by atoms with E-state index in [1.165, 1.54) is 5.56 Å². The third kappa shape index (κ3) is 3.97. The lowest BCUT2D eigenvalue weighted by Crippen LogP contribution is -2.00. The highest BCUT2D eigenvalue weighted by Gasteiger charge is 1.96. The van der Waals surface area contributed by atoms with Crippen LogP contribution in [-0.2, 0) is 6.42 Å². The molecule has 2 nitrogen and oxygen atoms in total. The van der Waals surface area contributed by atoms with Gasteiger partial charge in [-0.1, -0.05) is 54.6 Å². The van der Waals surface area contributed by atoms with Gasteiger partial charge in [0.1, 0.15) is 5.75 Å². The van der Waals surface area contributed by atoms with Crippen molar-refractivity contribution in [3.8, 4) is 5.75 Å². The van der Waals surface area contributed by atoms with E-state index in [1.807, 2.05) is 30.4 Å². The van der Waals surface area contributed by atoms with Crippen LogP contribution in [0.3, 0.4) is 0 Å². The maximum absolute atomic E-state index is 9.69. The number of benzene rings is 2. The molecule has 0 aliphatic rings. The zero-order valence-electron chi connectivity index (χ0n) is 10.9. The van der Waals surface area contributed by atoms with Crippen molar-refractivity contribution in [2.75, 3.05) is 6.54 Å². The van der Waals surface area contributed by atoms with Gasteiger partial charge in [0.15, 0.2) is 0 Å². The molecule has 0 heterocycles. The van der Waals surface area contributed by atoms with E-state index in [4.69, 9.17) is 5.73 Å². The predicted molar refractivity (Wildman–Crippen MR) is 80.9 cm³/mol. The normalized spacial score (nSPS) is 11.0. The van der Waals surface area contributed by atoms with Gasteiger partial charge in [-0.15, -0.1) is 0 Å². The molecule has 0 saturated heterocycles. The van der Waals surface area contributed by atoms with Crippen LogP contribution in [0.5, 0.6) is 5.75 Å². The van der Waals surface area contributed by atoms with Crippen LogP contribution in [0.25, 0.3) is 12.2 Å². The second-order valence-corrected chi connectivity index (χ2v) is 4.53. The molecular formula is C17H19NO. The van der Waals surface area contributed by atoms with Crippen molar-refractivity contribution >= 4 is 12.2 Å². The molecule has 2 aromatic carbocycles. The van der Waals surface area contributed by atoms with Crippen LogP contribution < -0.4 is 5.73 Å². The number of hydrogen-bond donors (Lipinski definition) is 2. The molecule has 0 atom stereocenters. The number of phenols is 1. The van der Waals surface area contributed by atoms with Crippen LogP contribution in [0.4, 0.5) is 0 Å². The van der Waals surface area contributed by atoms with Gasteiger partial charge >= 0.3 is 0 Å². The predicted octanol–water partition coefficient (Wildman–Crippen LogP) is 3.45. The summed E-state index contributed by atoms with van der Waals surface area (Å²) in [5, 5.41) is 9.69. The number of para-hydroxylation sites is 1. The van der Waals surface area contributed by atoms with Gasteiger partial charge in [-0.3, -0.25) is 0 Å². The number of aryl methyl sites for hydroxylation is 1. The van der Waals surface area contributed by atoms with Crippen LogP contribution in [0.1, 0.15) is 23.1 Å². The van der Waals surface area contributed by atoms with Gasteiger partial charge in [0.2, 0.25) is 0 Å². The molecule has 0 radical (unpaired) electrons. The highest BCUT2D eigenvalue weighted by Crippen LogP contribution is 2.19. The van der Waals surface area contributed by atoms with Gasteiger partial charge < -0.3 is 10.8 Å². The van der Waals surface area contributed by atoms with Gasteiger partial charge in [-0.05, 0) is 36.6 Å². The largest absolute Gasteiger partial charge is 0.507 e. The standard InChI is InChI=1S/C17H19NO/c18-12-4-7-14-5-3-6-15(13-14)10-11-16-8-1-2-9-17(16)19/h1-3,5-6,8-11,13,19H,4,7,12,18H2. The van der Waals surface area contributed by atoms with Crippen LogP contribution >= 0.6 is 0 Å². The minimum absolute atomic E-state index is 0.304. The van der Waals surface area contributed by atoms with Crippen LogP contribution in [0, 0.1) is 0 Å². The molecule has 3 N–H and O–H groups in total. The Morgan fingerprint density at radius 3 is 2.63 bits per heavy atom. The third-order valence-electron chi connectivity index (χ3n) is 3.01. The zero-order valence-corrected chi connectivity index (χ0v) is 10.9. The molecule has 0 saturated carbocycles. The molecule has 0 spiro atoms. The third-order valence-corrected chi connectivity index (χ3v) is 3.01. The molecule has 0 aliphatic heterocycles. The first-order valence-corrected chi connectivity index (χ1v) is 6.54. The van der Waals surface area contributed by atoms with Crippen molar-refractivity contribution in [3.05, 3.63) is 65.2 Å². The number of nitrogens with two attached hydrogens (primary N) is 1. The summed E-state index contributed by atoms with van der Waals surface area (Å²) in [4.78, 5) is 0. The lowest BCUT2D eigenvalue weighted by molar-refractivity contribution is 0.474. The molecule has 19 heavy (non-hydrogen) atoms. The van der Waals surface area contributed by atoms with E-state index in [9.17, 15) is 5.11 Å². The first-order valence-electron chi connectivity index (χ1n) is 6.54. The molecule has 2 rings (SSSR count). The summed E-state index contributed by atoms with van der Waals surface area (Å²) in [7, 11) is 0. The summed E-state index contributed by atoms with van der Waals surface area (Å²) < 4.78 is 0. The zero-order chi connectivity index (χ0) is 13.5. The molecular weight excluding hydrogens is 234 g/mol. The molecule has 0 amide bonds. The Hall–Kier alpha value is -2.06. The van der Waals surface area contributed by atoms with Gasteiger partial charge in [0.25, 0.3) is 0 Å². The maximum Gasteiger partial charge on any atom is 0.122 e. The van der Waals surface area contributed by atoms with Gasteiger partial charge in [-0.2, -0.15) is 0 Å². The van der Waals surface area contributed by atoms with E-state index in [0.717, 1.165) is 30.5 Å². The number of aromatic hydroxyl groups is 1. The Morgan fingerprint density at radius 2 is 1.84 bits per heavy atom. The fraction of sp³-hybridized carbons (Fsp3) is 0.176. The Morgan fingerprint density at radius 1 is 1.00 bits per heavy atom. The van der Waals surface area contributed by atoms with E-state index in [1.54, 1.807) is 6.07 Å². The average Bonchev–Trinajstić information content (AvgIpc) is 2.45. The lowest BCUT2D eigenvalue weighted by atomic mass is 10.1. The molecule has 0 unspecified atom stereocenters. The number of rotatable bonds is 5. The molecule has 98 valence electrons. The van der Waals surface area contributed by atoms with Gasteiger partial charge in [0, 0.05) is 5.56 Å². The minimum Gasteiger partial charge on any atom is -0.507 e. The maximum atomic E-state index is 9.69. The topological polar surface area (TPSA) is 46.2 Å². The van der Waals surface area contributed by atoms with Crippen molar-refractivity contribution in [1.82, 2.24) is 0 Å². The SMILES string of the molecule is NCCCc1cccc(C=Cc2ccccc2O)c1. The van der Waals surface area contributed by atoms with Crippen molar-refractivity contribution in [3.63, 3.8) is 0 Å². The molecule has 2 heteroatoms. The Bertz CT molecular complexity index is 561. The molecule has 0 fully saturated rings. The average molecular weight is 253 g/mol. The Kier molecular flexibility index (Phi) is 4.76. The van der Waals surface area contributed by atoms with Gasteiger partial charge in [0.05, 0.1) is 0 Å². The summed E-state index contributed by atoms with van der Waals surface area (Å²) in [6, 6.07) is 15.7. The van der Waals surface area contributed by atoms with E-state index < -0.39 is 0 Å². The van der Waals surface area contributed by atoms with Crippen LogP contribution in [-0.4, -0.2) is 11.7 Å². The van der Waals surface area contributed by atoms with Crippen LogP contribution in [0.15, 0.2) is 48.5 Å². The first-order chi connectivity index (χ1) is 9.29. The fourth-order valence-corrected chi connectivity index (χ4v) is 1.97. The van der Waals surface area contributed by atoms with E-state index >= 15 is 0 Å².